The van der Waals surface area contributed by atoms with Crippen LogP contribution in [0, 0.1) is 5.82 Å². The molecule has 0 spiro atoms. The number of phenols is 1. The highest BCUT2D eigenvalue weighted by atomic mass is 19.1. The van der Waals surface area contributed by atoms with E-state index in [1.54, 1.807) is 6.07 Å². The number of benzene rings is 1. The van der Waals surface area contributed by atoms with Gasteiger partial charge in [-0.3, -0.25) is 0 Å². The molecule has 0 aliphatic rings. The molecule has 0 aromatic heterocycles. The summed E-state index contributed by atoms with van der Waals surface area (Å²) in [5.74, 6) is -0.544. The molecule has 17 heavy (non-hydrogen) atoms. The number of guanidine groups is 1. The van der Waals surface area contributed by atoms with Crippen LogP contribution in [0.2, 0.25) is 0 Å². The van der Waals surface area contributed by atoms with E-state index in [0.717, 1.165) is 13.1 Å². The van der Waals surface area contributed by atoms with E-state index >= 15 is 0 Å². The van der Waals surface area contributed by atoms with Crippen molar-refractivity contribution in [3.8, 4) is 5.75 Å². The van der Waals surface area contributed by atoms with Crippen LogP contribution < -0.4 is 5.73 Å². The number of aromatic hydroxyl groups is 1. The molecule has 0 saturated heterocycles. The summed E-state index contributed by atoms with van der Waals surface area (Å²) in [5, 5.41) is 9.04. The minimum atomic E-state index is -0.640. The molecule has 0 atom stereocenters. The Morgan fingerprint density at radius 3 is 2.59 bits per heavy atom. The van der Waals surface area contributed by atoms with Crippen LogP contribution in [-0.4, -0.2) is 29.1 Å². The van der Waals surface area contributed by atoms with Crippen molar-refractivity contribution in [3.05, 3.63) is 29.6 Å². The Balaban J connectivity index is 2.71. The molecule has 3 N–H and O–H groups in total. The molecule has 0 saturated carbocycles. The monoisotopic (exact) mass is 239 g/mol. The number of phenolic OH excluding ortho intramolecular Hbond substituents is 1. The standard InChI is InChI=1S/C12H18FN3O/c1-3-16(4-2)12(14)15-8-9-5-6-11(17)10(13)7-9/h5-7,17H,3-4,8H2,1-2H3,(H2,14,15). The van der Waals surface area contributed by atoms with E-state index in [-0.39, 0.29) is 5.75 Å². The number of nitrogens with zero attached hydrogens (tertiary/aromatic N) is 2. The number of nitrogens with two attached hydrogens (primary N) is 1. The van der Waals surface area contributed by atoms with Gasteiger partial charge in [0.25, 0.3) is 0 Å². The first-order valence-corrected chi connectivity index (χ1v) is 5.60. The number of halogens is 1. The number of hydrogen-bond donors (Lipinski definition) is 2. The molecule has 5 heteroatoms. The first-order chi connectivity index (χ1) is 8.08. The van der Waals surface area contributed by atoms with Gasteiger partial charge in [-0.2, -0.15) is 0 Å². The predicted octanol–water partition coefficient (Wildman–Crippen LogP) is 1.69. The highest BCUT2D eigenvalue weighted by Crippen LogP contribution is 2.16. The summed E-state index contributed by atoms with van der Waals surface area (Å²) in [7, 11) is 0. The van der Waals surface area contributed by atoms with E-state index in [2.05, 4.69) is 4.99 Å². The average Bonchev–Trinajstić information content (AvgIpc) is 2.32. The van der Waals surface area contributed by atoms with Gasteiger partial charge >= 0.3 is 0 Å². The van der Waals surface area contributed by atoms with Crippen LogP contribution in [0.25, 0.3) is 0 Å². The molecule has 0 heterocycles. The summed E-state index contributed by atoms with van der Waals surface area (Å²) >= 11 is 0. The Kier molecular flexibility index (Phi) is 4.75. The summed E-state index contributed by atoms with van der Waals surface area (Å²) in [4.78, 5) is 6.09. The molecule has 0 unspecified atom stereocenters. The Morgan fingerprint density at radius 1 is 1.41 bits per heavy atom. The molecule has 0 amide bonds. The topological polar surface area (TPSA) is 61.8 Å². The number of aliphatic imine (C=N–C) groups is 1. The van der Waals surface area contributed by atoms with Gasteiger partial charge in [0.2, 0.25) is 0 Å². The van der Waals surface area contributed by atoms with Gasteiger partial charge in [0, 0.05) is 13.1 Å². The van der Waals surface area contributed by atoms with Crippen molar-refractivity contribution in [2.24, 2.45) is 10.7 Å². The quantitative estimate of drug-likeness (QED) is 0.621. The first kappa shape index (κ1) is 13.3. The van der Waals surface area contributed by atoms with Crippen LogP contribution in [-0.2, 0) is 6.54 Å². The van der Waals surface area contributed by atoms with E-state index in [0.29, 0.717) is 18.1 Å². The summed E-state index contributed by atoms with van der Waals surface area (Å²) in [6.07, 6.45) is 0. The van der Waals surface area contributed by atoms with Gasteiger partial charge < -0.3 is 15.7 Å². The second-order valence-electron chi connectivity index (χ2n) is 3.63. The maximum absolute atomic E-state index is 13.1. The summed E-state index contributed by atoms with van der Waals surface area (Å²) in [5.41, 5.74) is 6.46. The molecule has 94 valence electrons. The van der Waals surface area contributed by atoms with Crippen molar-refractivity contribution in [2.45, 2.75) is 20.4 Å². The zero-order chi connectivity index (χ0) is 12.8. The Labute approximate surface area is 101 Å². The fraction of sp³-hybridized carbons (Fsp3) is 0.417. The van der Waals surface area contributed by atoms with Crippen LogP contribution in [0.3, 0.4) is 0 Å². The molecule has 1 rings (SSSR count). The first-order valence-electron chi connectivity index (χ1n) is 5.60. The lowest BCUT2D eigenvalue weighted by Crippen LogP contribution is -2.37. The number of rotatable bonds is 4. The average molecular weight is 239 g/mol. The highest BCUT2D eigenvalue weighted by Gasteiger charge is 2.03. The van der Waals surface area contributed by atoms with Crippen molar-refractivity contribution in [1.29, 1.82) is 0 Å². The van der Waals surface area contributed by atoms with E-state index in [4.69, 9.17) is 10.8 Å². The van der Waals surface area contributed by atoms with Gasteiger partial charge in [0.15, 0.2) is 17.5 Å². The third kappa shape index (κ3) is 3.62. The molecule has 0 aliphatic heterocycles. The maximum Gasteiger partial charge on any atom is 0.191 e. The molecule has 4 nitrogen and oxygen atoms in total. The largest absolute Gasteiger partial charge is 0.505 e. The van der Waals surface area contributed by atoms with Crippen molar-refractivity contribution in [3.63, 3.8) is 0 Å². The molecule has 0 bridgehead atoms. The lowest BCUT2D eigenvalue weighted by Gasteiger charge is -2.19. The zero-order valence-corrected chi connectivity index (χ0v) is 10.2. The predicted molar refractivity (Wildman–Crippen MR) is 66.3 cm³/mol. The smallest absolute Gasteiger partial charge is 0.191 e. The molecule has 0 radical (unpaired) electrons. The van der Waals surface area contributed by atoms with Crippen molar-refractivity contribution >= 4 is 5.96 Å². The molecule has 0 fully saturated rings. The molecule has 1 aromatic rings. The van der Waals surface area contributed by atoms with Gasteiger partial charge in [0.05, 0.1) is 6.54 Å². The summed E-state index contributed by atoms with van der Waals surface area (Å²) < 4.78 is 13.1. The minimum absolute atomic E-state index is 0.305. The maximum atomic E-state index is 13.1. The van der Waals surface area contributed by atoms with Crippen molar-refractivity contribution < 1.29 is 9.50 Å². The van der Waals surface area contributed by atoms with Gasteiger partial charge in [-0.15, -0.1) is 0 Å². The lowest BCUT2D eigenvalue weighted by molar-refractivity contribution is 0.431. The van der Waals surface area contributed by atoms with E-state index < -0.39 is 5.82 Å². The van der Waals surface area contributed by atoms with E-state index in [9.17, 15) is 4.39 Å². The van der Waals surface area contributed by atoms with Crippen LogP contribution in [0.5, 0.6) is 5.75 Å². The summed E-state index contributed by atoms with van der Waals surface area (Å²) in [6, 6.07) is 4.19. The van der Waals surface area contributed by atoms with Gasteiger partial charge in [-0.05, 0) is 31.5 Å². The second kappa shape index (κ2) is 6.08. The second-order valence-corrected chi connectivity index (χ2v) is 3.63. The molecular formula is C12H18FN3O. The Bertz CT molecular complexity index is 403. The Hall–Kier alpha value is -1.78. The fourth-order valence-electron chi connectivity index (χ4n) is 1.47. The molecule has 0 aliphatic carbocycles. The zero-order valence-electron chi connectivity index (χ0n) is 10.2. The van der Waals surface area contributed by atoms with Crippen LogP contribution >= 0.6 is 0 Å². The lowest BCUT2D eigenvalue weighted by atomic mass is 10.2. The van der Waals surface area contributed by atoms with Gasteiger partial charge in [-0.1, -0.05) is 6.07 Å². The van der Waals surface area contributed by atoms with E-state index in [1.165, 1.54) is 12.1 Å². The Morgan fingerprint density at radius 2 is 2.06 bits per heavy atom. The third-order valence-corrected chi connectivity index (χ3v) is 2.52. The van der Waals surface area contributed by atoms with Crippen LogP contribution in [0.1, 0.15) is 19.4 Å². The van der Waals surface area contributed by atoms with Crippen LogP contribution in [0.4, 0.5) is 4.39 Å². The number of hydrogen-bond acceptors (Lipinski definition) is 2. The highest BCUT2D eigenvalue weighted by molar-refractivity contribution is 5.77. The summed E-state index contributed by atoms with van der Waals surface area (Å²) in [6.45, 7) is 5.86. The third-order valence-electron chi connectivity index (χ3n) is 2.52. The normalized spacial score (nSPS) is 11.6. The van der Waals surface area contributed by atoms with E-state index in [1.807, 2.05) is 18.7 Å². The van der Waals surface area contributed by atoms with Gasteiger partial charge in [0.1, 0.15) is 0 Å². The molecular weight excluding hydrogens is 221 g/mol. The van der Waals surface area contributed by atoms with Crippen molar-refractivity contribution in [2.75, 3.05) is 13.1 Å². The fourth-order valence-corrected chi connectivity index (χ4v) is 1.47. The minimum Gasteiger partial charge on any atom is -0.505 e. The van der Waals surface area contributed by atoms with Gasteiger partial charge in [-0.25, -0.2) is 9.38 Å². The SMILES string of the molecule is CCN(CC)C(N)=NCc1ccc(O)c(F)c1. The van der Waals surface area contributed by atoms with Crippen molar-refractivity contribution in [1.82, 2.24) is 4.90 Å². The van der Waals surface area contributed by atoms with Crippen LogP contribution in [0.15, 0.2) is 23.2 Å². The molecule has 1 aromatic carbocycles.